The first-order valence-electron chi connectivity index (χ1n) is 4.56. The largest absolute Gasteiger partial charge is 0.391 e. The van der Waals surface area contributed by atoms with Gasteiger partial charge in [0.1, 0.15) is 24.9 Å². The molecule has 0 radical (unpaired) electrons. The van der Waals surface area contributed by atoms with Crippen molar-refractivity contribution < 1.29 is 29.9 Å². The van der Waals surface area contributed by atoms with Gasteiger partial charge in [0.15, 0.2) is 0 Å². The fraction of sp³-hybridized carbons (Fsp3) is 1.00. The van der Waals surface area contributed by atoms with Gasteiger partial charge in [-0.2, -0.15) is 0 Å². The van der Waals surface area contributed by atoms with Crippen molar-refractivity contribution in [2.45, 2.75) is 24.1 Å². The van der Waals surface area contributed by atoms with Gasteiger partial charge in [-0.05, 0) is 0 Å². The smallest absolute Gasteiger partial charge is 0.221 e. The molecule has 0 amide bonds. The Morgan fingerprint density at radius 1 is 1.40 bits per heavy atom. The Morgan fingerprint density at radius 2 is 2.07 bits per heavy atom. The molecule has 0 saturated carbocycles. The molecule has 0 aromatic heterocycles. The molecule has 1 aliphatic rings. The highest BCUT2D eigenvalue weighted by molar-refractivity contribution is 6.17. The average molecular weight is 243 g/mol. The molecule has 1 saturated heterocycles. The molecule has 4 atom stereocenters. The average Bonchev–Trinajstić information content (AvgIpc) is 2.26. The number of hydrogen-bond acceptors (Lipinski definition) is 6. The van der Waals surface area contributed by atoms with E-state index in [0.717, 1.165) is 0 Å². The quantitative estimate of drug-likeness (QED) is 0.428. The topological polar surface area (TPSA) is 99.4 Å². The first-order chi connectivity index (χ1) is 7.07. The Labute approximate surface area is 92.0 Å². The van der Waals surface area contributed by atoms with Crippen molar-refractivity contribution in [2.75, 3.05) is 25.7 Å². The summed E-state index contributed by atoms with van der Waals surface area (Å²) in [6.45, 7) is -0.794. The number of aliphatic hydroxyl groups is 4. The van der Waals surface area contributed by atoms with E-state index >= 15 is 0 Å². The summed E-state index contributed by atoms with van der Waals surface area (Å²) in [5.74, 6) is -1.54. The van der Waals surface area contributed by atoms with Crippen molar-refractivity contribution in [1.82, 2.24) is 0 Å². The predicted octanol–water partition coefficient (Wildman–Crippen LogP) is -1.96. The van der Waals surface area contributed by atoms with Crippen molar-refractivity contribution in [2.24, 2.45) is 0 Å². The standard InChI is InChI=1S/C8H15ClO6/c9-1-2-14-8(4-10)7(13)6(12)5(11)3-15-8/h5-7,10-13H,1-4H2/t5-,6+,7+,8-/m1/s1. The van der Waals surface area contributed by atoms with Gasteiger partial charge >= 0.3 is 0 Å². The van der Waals surface area contributed by atoms with E-state index in [1.165, 1.54) is 0 Å². The molecule has 0 spiro atoms. The summed E-state index contributed by atoms with van der Waals surface area (Å²) in [5.41, 5.74) is 0. The number of ether oxygens (including phenoxy) is 2. The molecule has 0 bridgehead atoms. The first kappa shape index (κ1) is 13.1. The van der Waals surface area contributed by atoms with Crippen molar-refractivity contribution in [3.8, 4) is 0 Å². The van der Waals surface area contributed by atoms with E-state index in [1.54, 1.807) is 0 Å². The Kier molecular flexibility index (Phi) is 4.72. The summed E-state index contributed by atoms with van der Waals surface area (Å²) in [6, 6.07) is 0. The highest BCUT2D eigenvalue weighted by atomic mass is 35.5. The summed E-state index contributed by atoms with van der Waals surface area (Å²) in [7, 11) is 0. The lowest BCUT2D eigenvalue weighted by Crippen LogP contribution is -2.63. The lowest BCUT2D eigenvalue weighted by atomic mass is 9.97. The van der Waals surface area contributed by atoms with E-state index < -0.39 is 30.7 Å². The normalized spacial score (nSPS) is 41.8. The Bertz CT molecular complexity index is 200. The second-order valence-corrected chi connectivity index (χ2v) is 3.70. The van der Waals surface area contributed by atoms with Crippen LogP contribution in [0.15, 0.2) is 0 Å². The molecule has 0 unspecified atom stereocenters. The van der Waals surface area contributed by atoms with Crippen LogP contribution in [-0.4, -0.2) is 70.2 Å². The van der Waals surface area contributed by atoms with Crippen molar-refractivity contribution >= 4 is 11.6 Å². The van der Waals surface area contributed by atoms with Crippen LogP contribution in [0.25, 0.3) is 0 Å². The Hall–Kier alpha value is 0.0500. The van der Waals surface area contributed by atoms with Gasteiger partial charge < -0.3 is 29.9 Å². The zero-order valence-corrected chi connectivity index (χ0v) is 8.80. The van der Waals surface area contributed by atoms with Crippen LogP contribution in [0.2, 0.25) is 0 Å². The monoisotopic (exact) mass is 242 g/mol. The third-order valence-corrected chi connectivity index (χ3v) is 2.46. The zero-order chi connectivity index (χ0) is 11.5. The zero-order valence-electron chi connectivity index (χ0n) is 8.04. The van der Waals surface area contributed by atoms with Crippen molar-refractivity contribution in [3.05, 3.63) is 0 Å². The first-order valence-corrected chi connectivity index (χ1v) is 5.10. The molecule has 1 aliphatic heterocycles. The van der Waals surface area contributed by atoms with Gasteiger partial charge in [0.2, 0.25) is 5.79 Å². The van der Waals surface area contributed by atoms with Crippen LogP contribution in [0.4, 0.5) is 0 Å². The van der Waals surface area contributed by atoms with Crippen LogP contribution in [0.5, 0.6) is 0 Å². The van der Waals surface area contributed by atoms with Gasteiger partial charge in [-0.25, -0.2) is 0 Å². The molecular formula is C8H15ClO6. The van der Waals surface area contributed by atoms with Crippen molar-refractivity contribution in [1.29, 1.82) is 0 Å². The fourth-order valence-corrected chi connectivity index (χ4v) is 1.48. The van der Waals surface area contributed by atoms with Gasteiger partial charge in [0.05, 0.1) is 13.2 Å². The third kappa shape index (κ3) is 2.59. The van der Waals surface area contributed by atoms with E-state index in [2.05, 4.69) is 0 Å². The molecule has 90 valence electrons. The van der Waals surface area contributed by atoms with Crippen molar-refractivity contribution in [3.63, 3.8) is 0 Å². The molecular weight excluding hydrogens is 228 g/mol. The number of alkyl halides is 1. The lowest BCUT2D eigenvalue weighted by molar-refractivity contribution is -0.347. The maximum atomic E-state index is 9.62. The van der Waals surface area contributed by atoms with Gasteiger partial charge in [0.25, 0.3) is 0 Å². The minimum absolute atomic E-state index is 0.0575. The molecule has 1 rings (SSSR count). The Balaban J connectivity index is 2.71. The SMILES string of the molecule is OC[C@@]1(OCCCl)OC[C@@H](O)[C@H](O)[C@@H]1O. The highest BCUT2D eigenvalue weighted by Gasteiger charge is 2.50. The lowest BCUT2D eigenvalue weighted by Gasteiger charge is -2.43. The second-order valence-electron chi connectivity index (χ2n) is 3.32. The van der Waals surface area contributed by atoms with Gasteiger partial charge in [-0.3, -0.25) is 0 Å². The summed E-state index contributed by atoms with van der Waals surface area (Å²) in [4.78, 5) is 0. The summed E-state index contributed by atoms with van der Waals surface area (Å²) in [5, 5.41) is 37.3. The van der Waals surface area contributed by atoms with E-state index in [0.29, 0.717) is 0 Å². The highest BCUT2D eigenvalue weighted by Crippen LogP contribution is 2.27. The van der Waals surface area contributed by atoms with Gasteiger partial charge in [0, 0.05) is 5.88 Å². The molecule has 0 aromatic carbocycles. The molecule has 1 fully saturated rings. The molecule has 1 heterocycles. The van der Waals surface area contributed by atoms with Crippen LogP contribution in [0, 0.1) is 0 Å². The second kappa shape index (κ2) is 5.40. The summed E-state index contributed by atoms with van der Waals surface area (Å²) < 4.78 is 10.1. The summed E-state index contributed by atoms with van der Waals surface area (Å²) >= 11 is 5.40. The molecule has 15 heavy (non-hydrogen) atoms. The minimum atomic E-state index is -1.70. The van der Waals surface area contributed by atoms with Gasteiger partial charge in [-0.1, -0.05) is 0 Å². The van der Waals surface area contributed by atoms with E-state index in [9.17, 15) is 15.3 Å². The number of aliphatic hydroxyl groups excluding tert-OH is 4. The minimum Gasteiger partial charge on any atom is -0.391 e. The van der Waals surface area contributed by atoms with E-state index in [1.807, 2.05) is 0 Å². The number of rotatable bonds is 4. The Morgan fingerprint density at radius 3 is 2.60 bits per heavy atom. The van der Waals surface area contributed by atoms with Gasteiger partial charge in [-0.15, -0.1) is 11.6 Å². The molecule has 0 aromatic rings. The van der Waals surface area contributed by atoms with E-state index in [-0.39, 0.29) is 19.1 Å². The maximum Gasteiger partial charge on any atom is 0.221 e. The van der Waals surface area contributed by atoms with Crippen LogP contribution < -0.4 is 0 Å². The molecule has 7 heteroatoms. The third-order valence-electron chi connectivity index (χ3n) is 2.31. The number of halogens is 1. The molecule has 0 aliphatic carbocycles. The fourth-order valence-electron chi connectivity index (χ4n) is 1.40. The van der Waals surface area contributed by atoms with E-state index in [4.69, 9.17) is 26.2 Å². The molecule has 4 N–H and O–H groups in total. The van der Waals surface area contributed by atoms with Crippen LogP contribution in [0.3, 0.4) is 0 Å². The molecule has 6 nitrogen and oxygen atoms in total. The van der Waals surface area contributed by atoms with Crippen LogP contribution in [0.1, 0.15) is 0 Å². The van der Waals surface area contributed by atoms with Crippen LogP contribution in [-0.2, 0) is 9.47 Å². The maximum absolute atomic E-state index is 9.62. The summed E-state index contributed by atoms with van der Waals surface area (Å²) in [6.07, 6.45) is -4.13. The predicted molar refractivity (Wildman–Crippen MR) is 50.5 cm³/mol. The van der Waals surface area contributed by atoms with Crippen LogP contribution >= 0.6 is 11.6 Å². The number of hydrogen-bond donors (Lipinski definition) is 4.